The number of nitrogens with two attached hydrogens (primary N) is 1. The normalized spacial score (nSPS) is 10.9. The number of fused-ring (bicyclic) bond motifs is 2. The molecule has 0 radical (unpaired) electrons. The van der Waals surface area contributed by atoms with Gasteiger partial charge in [0.2, 0.25) is 5.43 Å². The zero-order chi connectivity index (χ0) is 13.6. The number of anilines is 1. The van der Waals surface area contributed by atoms with E-state index in [1.54, 1.807) is 24.3 Å². The summed E-state index contributed by atoms with van der Waals surface area (Å²) < 4.78 is 5.49. The predicted octanol–water partition coefficient (Wildman–Crippen LogP) is 1.57. The van der Waals surface area contributed by atoms with Gasteiger partial charge in [0, 0.05) is 6.07 Å². The van der Waals surface area contributed by atoms with Crippen molar-refractivity contribution in [1.82, 2.24) is 4.98 Å². The van der Waals surface area contributed by atoms with Crippen molar-refractivity contribution in [1.29, 1.82) is 0 Å². The Morgan fingerprint density at radius 3 is 2.79 bits per heavy atom. The van der Waals surface area contributed by atoms with Gasteiger partial charge in [-0.3, -0.25) is 4.79 Å². The lowest BCUT2D eigenvalue weighted by Crippen LogP contribution is -2.17. The average Bonchev–Trinajstić information content (AvgIpc) is 2.37. The minimum absolute atomic E-state index is 0.0725. The Hall–Kier alpha value is -2.89. The van der Waals surface area contributed by atoms with E-state index >= 15 is 0 Å². The van der Waals surface area contributed by atoms with Gasteiger partial charge < -0.3 is 15.3 Å². The number of benzene rings is 2. The van der Waals surface area contributed by atoms with E-state index in [0.29, 0.717) is 11.1 Å². The maximum Gasteiger partial charge on any atom is 0.340 e. The first-order valence-electron chi connectivity index (χ1n) is 5.43. The number of nitrogen functional groups attached to an aromatic ring is 1. The van der Waals surface area contributed by atoms with Crippen molar-refractivity contribution in [3.63, 3.8) is 0 Å². The molecule has 0 aromatic heterocycles. The van der Waals surface area contributed by atoms with Crippen LogP contribution in [0.5, 0.6) is 0 Å². The lowest BCUT2D eigenvalue weighted by Gasteiger charge is -2.10. The van der Waals surface area contributed by atoms with Gasteiger partial charge in [0.1, 0.15) is 16.8 Å². The molecule has 0 fully saturated rings. The molecule has 1 aromatic rings. The number of rotatable bonds is 1. The van der Waals surface area contributed by atoms with Gasteiger partial charge in [-0.05, 0) is 12.1 Å². The van der Waals surface area contributed by atoms with Gasteiger partial charge in [-0.15, -0.1) is 0 Å². The van der Waals surface area contributed by atoms with Crippen LogP contribution in [-0.2, 0) is 0 Å². The van der Waals surface area contributed by atoms with E-state index in [1.807, 2.05) is 0 Å². The Morgan fingerprint density at radius 2 is 2.05 bits per heavy atom. The monoisotopic (exact) mass is 256 g/mol. The van der Waals surface area contributed by atoms with Crippen molar-refractivity contribution in [2.45, 2.75) is 0 Å². The van der Waals surface area contributed by atoms with Crippen LogP contribution in [0.25, 0.3) is 22.6 Å². The molecule has 94 valence electrons. The zero-order valence-corrected chi connectivity index (χ0v) is 9.58. The molecule has 2 aliphatic rings. The van der Waals surface area contributed by atoms with Crippen molar-refractivity contribution in [2.75, 3.05) is 5.73 Å². The summed E-state index contributed by atoms with van der Waals surface area (Å²) in [5.74, 6) is -1.20. The largest absolute Gasteiger partial charge is 0.478 e. The lowest BCUT2D eigenvalue weighted by atomic mass is 10.1. The highest BCUT2D eigenvalue weighted by Crippen LogP contribution is 2.29. The molecular formula is C13H8N2O4. The fraction of sp³-hybridized carbons (Fsp3) is 0. The standard InChI is InChI=1S/C13H8N2O4/c14-11-7(16)5-9-12(10(11)13(17)18)15-6-3-1-2-4-8(6)19-9/h1-5H,14H2,(H,17,18). The molecule has 3 N–H and O–H groups in total. The van der Waals surface area contributed by atoms with Crippen molar-refractivity contribution < 1.29 is 14.3 Å². The fourth-order valence-electron chi connectivity index (χ4n) is 1.92. The first kappa shape index (κ1) is 11.2. The third-order valence-corrected chi connectivity index (χ3v) is 2.80. The number of aromatic carboxylic acids is 1. The molecule has 0 saturated heterocycles. The quantitative estimate of drug-likeness (QED) is 0.505. The zero-order valence-electron chi connectivity index (χ0n) is 9.58. The molecule has 6 nitrogen and oxygen atoms in total. The summed E-state index contributed by atoms with van der Waals surface area (Å²) >= 11 is 0. The third-order valence-electron chi connectivity index (χ3n) is 2.80. The van der Waals surface area contributed by atoms with Crippen LogP contribution in [0.2, 0.25) is 0 Å². The Labute approximate surface area is 106 Å². The summed E-state index contributed by atoms with van der Waals surface area (Å²) in [6.45, 7) is 0. The summed E-state index contributed by atoms with van der Waals surface area (Å²) in [6, 6.07) is 8.03. The summed E-state index contributed by atoms with van der Waals surface area (Å²) in [7, 11) is 0. The first-order chi connectivity index (χ1) is 9.08. The Morgan fingerprint density at radius 1 is 1.32 bits per heavy atom. The van der Waals surface area contributed by atoms with Crippen LogP contribution in [-0.4, -0.2) is 16.1 Å². The highest BCUT2D eigenvalue weighted by molar-refractivity contribution is 6.00. The van der Waals surface area contributed by atoms with Gasteiger partial charge in [-0.2, -0.15) is 0 Å². The predicted molar refractivity (Wildman–Crippen MR) is 68.3 cm³/mol. The maximum atomic E-state index is 11.6. The summed E-state index contributed by atoms with van der Waals surface area (Å²) in [6.07, 6.45) is 0. The van der Waals surface area contributed by atoms with Crippen molar-refractivity contribution >= 4 is 22.8 Å². The molecular weight excluding hydrogens is 248 g/mol. The number of para-hydroxylation sites is 2. The Balaban J connectivity index is 2.54. The van der Waals surface area contributed by atoms with Gasteiger partial charge >= 0.3 is 5.97 Å². The summed E-state index contributed by atoms with van der Waals surface area (Å²) in [5, 5.41) is 9.16. The molecule has 1 heterocycles. The average molecular weight is 256 g/mol. The number of aromatic nitrogens is 1. The number of nitrogens with zero attached hydrogens (tertiary/aromatic N) is 1. The van der Waals surface area contributed by atoms with Crippen molar-refractivity contribution in [3.8, 4) is 11.5 Å². The fourth-order valence-corrected chi connectivity index (χ4v) is 1.92. The van der Waals surface area contributed by atoms with Crippen LogP contribution in [0.1, 0.15) is 10.4 Å². The topological polar surface area (TPSA) is 106 Å². The third kappa shape index (κ3) is 1.61. The summed E-state index contributed by atoms with van der Waals surface area (Å²) in [5.41, 5.74) is 5.31. The maximum absolute atomic E-state index is 11.6. The molecule has 0 saturated carbocycles. The molecule has 0 amide bonds. The van der Waals surface area contributed by atoms with Gasteiger partial charge in [0.25, 0.3) is 0 Å². The second kappa shape index (κ2) is 3.81. The van der Waals surface area contributed by atoms with Crippen LogP contribution >= 0.6 is 0 Å². The molecule has 19 heavy (non-hydrogen) atoms. The van der Waals surface area contributed by atoms with E-state index < -0.39 is 11.4 Å². The molecule has 6 heteroatoms. The molecule has 1 aliphatic heterocycles. The van der Waals surface area contributed by atoms with E-state index in [0.717, 1.165) is 6.07 Å². The van der Waals surface area contributed by atoms with E-state index in [2.05, 4.69) is 4.98 Å². The van der Waals surface area contributed by atoms with E-state index in [1.165, 1.54) is 0 Å². The smallest absolute Gasteiger partial charge is 0.340 e. The van der Waals surface area contributed by atoms with Crippen LogP contribution < -0.4 is 11.2 Å². The van der Waals surface area contributed by atoms with E-state index in [-0.39, 0.29) is 22.7 Å². The second-order valence-electron chi connectivity index (χ2n) is 4.00. The number of carboxylic acids is 1. The van der Waals surface area contributed by atoms with E-state index in [4.69, 9.17) is 15.3 Å². The van der Waals surface area contributed by atoms with Crippen LogP contribution in [0.3, 0.4) is 0 Å². The number of hydrogen-bond acceptors (Lipinski definition) is 5. The molecule has 1 aromatic carbocycles. The number of carboxylic acid groups (broad SMARTS) is 1. The second-order valence-corrected chi connectivity index (χ2v) is 4.00. The van der Waals surface area contributed by atoms with Crippen molar-refractivity contribution in [3.05, 3.63) is 46.1 Å². The first-order valence-corrected chi connectivity index (χ1v) is 5.43. The molecule has 3 rings (SSSR count). The minimum Gasteiger partial charge on any atom is -0.478 e. The summed E-state index contributed by atoms with van der Waals surface area (Å²) in [4.78, 5) is 27.0. The van der Waals surface area contributed by atoms with Crippen LogP contribution in [0.4, 0.5) is 5.69 Å². The van der Waals surface area contributed by atoms with Crippen molar-refractivity contribution in [2.24, 2.45) is 0 Å². The molecule has 0 bridgehead atoms. The minimum atomic E-state index is -1.31. The number of carbonyl (C=O) groups is 1. The highest BCUT2D eigenvalue weighted by atomic mass is 16.4. The molecule has 0 spiro atoms. The SMILES string of the molecule is Nc1c(C(=O)O)c2nc3ccccc3oc-2cc1=O. The Bertz CT molecular complexity index is 838. The Kier molecular flexibility index (Phi) is 2.25. The highest BCUT2D eigenvalue weighted by Gasteiger charge is 2.23. The van der Waals surface area contributed by atoms with Gasteiger partial charge in [-0.25, -0.2) is 9.78 Å². The van der Waals surface area contributed by atoms with Gasteiger partial charge in [0.15, 0.2) is 11.3 Å². The van der Waals surface area contributed by atoms with E-state index in [9.17, 15) is 9.59 Å². The molecule has 0 unspecified atom stereocenters. The number of hydrogen-bond donors (Lipinski definition) is 2. The van der Waals surface area contributed by atoms with Crippen LogP contribution in [0, 0.1) is 0 Å². The van der Waals surface area contributed by atoms with Gasteiger partial charge in [0.05, 0.1) is 5.69 Å². The molecule has 0 atom stereocenters. The van der Waals surface area contributed by atoms with Gasteiger partial charge in [-0.1, -0.05) is 12.1 Å². The van der Waals surface area contributed by atoms with Crippen LogP contribution in [0.15, 0.2) is 39.5 Å². The lowest BCUT2D eigenvalue weighted by molar-refractivity contribution is 0.0698. The molecule has 1 aliphatic carbocycles.